The summed E-state index contributed by atoms with van der Waals surface area (Å²) in [7, 11) is -1.66. The zero-order valence-electron chi connectivity index (χ0n) is 6.40. The number of rotatable bonds is 1. The number of carbonyl (C=O) groups excluding carboxylic acids is 1. The molecule has 0 aliphatic rings. The SMILES string of the molecule is O=[SiH]OC(=O)[O-].[K+].[O]=[Cr].[O]=[Fe].[O]=[InH]. The molecule has 13 heavy (non-hydrogen) atoms. The number of hydrogen-bond donors (Lipinski definition) is 0. The first kappa shape index (κ1) is 29.5. The van der Waals surface area contributed by atoms with E-state index in [1.54, 1.807) is 0 Å². The van der Waals surface area contributed by atoms with Crippen LogP contribution in [0.3, 0.4) is 0 Å². The summed E-state index contributed by atoms with van der Waals surface area (Å²) in [5.74, 6) is 0. The van der Waals surface area contributed by atoms with Crippen LogP contribution in [0.5, 0.6) is 0 Å². The Hall–Kier alpha value is 2.25. The predicted octanol–water partition coefficient (Wildman–Crippen LogP) is -5.96. The van der Waals surface area contributed by atoms with Gasteiger partial charge in [-0.05, 0) is 0 Å². The molecule has 0 fully saturated rings. The van der Waals surface area contributed by atoms with Gasteiger partial charge < -0.3 is 18.8 Å². The van der Waals surface area contributed by atoms with Crippen LogP contribution in [0.1, 0.15) is 0 Å². The molecule has 70 valence electrons. The fourth-order valence-electron chi connectivity index (χ4n) is 0.0393. The van der Waals surface area contributed by atoms with E-state index in [-0.39, 0.29) is 75.8 Å². The molecule has 0 radical (unpaired) electrons. The van der Waals surface area contributed by atoms with E-state index in [1.807, 2.05) is 15.9 Å². The Morgan fingerprint density at radius 2 is 1.62 bits per heavy atom. The summed E-state index contributed by atoms with van der Waals surface area (Å²) in [5, 5.41) is 9.09. The first-order valence-corrected chi connectivity index (χ1v) is 5.25. The van der Waals surface area contributed by atoms with Crippen molar-refractivity contribution in [2.45, 2.75) is 0 Å². The average molecular weight is 416 g/mol. The summed E-state index contributed by atoms with van der Waals surface area (Å²) in [6.45, 7) is 0. The van der Waals surface area contributed by atoms with Gasteiger partial charge in [0.25, 0.3) is 0 Å². The third-order valence-electron chi connectivity index (χ3n) is 0.144. The number of carboxylic acid groups (broad SMARTS) is 1. The summed E-state index contributed by atoms with van der Waals surface area (Å²) < 4.78 is 37.1. The van der Waals surface area contributed by atoms with E-state index in [9.17, 15) is 4.46 Å². The summed E-state index contributed by atoms with van der Waals surface area (Å²) in [4.78, 5) is 9.09. The molecule has 0 spiro atoms. The van der Waals surface area contributed by atoms with Gasteiger partial charge in [0.2, 0.25) is 6.16 Å². The van der Waals surface area contributed by atoms with Gasteiger partial charge in [-0.3, -0.25) is 0 Å². The average Bonchev–Trinajstić information content (AvgIpc) is 2.14. The second-order valence-corrected chi connectivity index (χ2v) is 0.892. The van der Waals surface area contributed by atoms with Crippen LogP contribution >= 0.6 is 0 Å². The van der Waals surface area contributed by atoms with Crippen LogP contribution in [0.25, 0.3) is 0 Å². The fourth-order valence-corrected chi connectivity index (χ4v) is 0.118. The molecule has 0 N–H and O–H groups in total. The third-order valence-corrected chi connectivity index (χ3v) is 0.433. The Morgan fingerprint density at radius 3 is 1.62 bits per heavy atom. The van der Waals surface area contributed by atoms with E-state index >= 15 is 0 Å². The topological polar surface area (TPSA) is 118 Å². The van der Waals surface area contributed by atoms with E-state index in [0.717, 1.165) is 0 Å². The van der Waals surface area contributed by atoms with Gasteiger partial charge in [-0.15, -0.1) is 0 Å². The maximum absolute atomic E-state index is 9.18. The quantitative estimate of drug-likeness (QED) is 0.391. The first-order chi connectivity index (χ1) is 5.77. The molecule has 0 saturated heterocycles. The molecule has 0 unspecified atom stereocenters. The fraction of sp³-hybridized carbons (Fsp3) is 0. The van der Waals surface area contributed by atoms with Crippen LogP contribution in [0.4, 0.5) is 4.79 Å². The van der Waals surface area contributed by atoms with Crippen LogP contribution in [-0.2, 0) is 51.5 Å². The molecule has 0 aromatic heterocycles. The van der Waals surface area contributed by atoms with Crippen molar-refractivity contribution in [1.82, 2.24) is 0 Å². The molecule has 0 amide bonds. The molecule has 0 atom stereocenters. The van der Waals surface area contributed by atoms with Gasteiger partial charge in [-0.1, -0.05) is 0 Å². The van der Waals surface area contributed by atoms with Gasteiger partial charge in [0.15, 0.2) is 0 Å². The zero-order chi connectivity index (χ0) is 11.0. The van der Waals surface area contributed by atoms with Crippen LogP contribution in [0, 0.1) is 0 Å². The van der Waals surface area contributed by atoms with Crippen molar-refractivity contribution in [3.05, 3.63) is 0 Å². The molecule has 0 aliphatic carbocycles. The molecule has 7 nitrogen and oxygen atoms in total. The van der Waals surface area contributed by atoms with E-state index in [4.69, 9.17) is 20.4 Å². The minimum absolute atomic E-state index is 0. The Morgan fingerprint density at radius 1 is 1.38 bits per heavy atom. The first-order valence-electron chi connectivity index (χ1n) is 1.68. The van der Waals surface area contributed by atoms with E-state index in [0.29, 0.717) is 0 Å². The van der Waals surface area contributed by atoms with Crippen molar-refractivity contribution < 1.29 is 113 Å². The molecule has 0 aromatic carbocycles. The molecule has 0 heterocycles. The Labute approximate surface area is 150 Å². The molecule has 12 heteroatoms. The van der Waals surface area contributed by atoms with Crippen molar-refractivity contribution in [1.29, 1.82) is 0 Å². The molecule has 0 rings (SSSR count). The Balaban J connectivity index is -0.0000000263. The molecule has 0 aliphatic heterocycles. The molecule has 0 saturated carbocycles. The van der Waals surface area contributed by atoms with E-state index < -0.39 is 15.8 Å². The van der Waals surface area contributed by atoms with Crippen LogP contribution in [0.15, 0.2) is 0 Å². The van der Waals surface area contributed by atoms with Gasteiger partial charge in [-0.25, -0.2) is 0 Å². The summed E-state index contributed by atoms with van der Waals surface area (Å²) in [6, 6.07) is 0. The zero-order valence-corrected chi connectivity index (χ0v) is 17.1. The van der Waals surface area contributed by atoms with Crippen LogP contribution < -0.4 is 56.5 Å². The molecular formula is CH2CrFeInKO7Si. The normalized spacial score (nSPS) is 4.00. The van der Waals surface area contributed by atoms with Crippen molar-refractivity contribution >= 4 is 40.2 Å². The third kappa shape index (κ3) is 77.6. The summed E-state index contributed by atoms with van der Waals surface area (Å²) >= 11 is 3.28. The molecule has 0 aromatic rings. The maximum atomic E-state index is 9.18. The molecule has 0 bridgehead atoms. The Kier molecular flexibility index (Phi) is 108. The second-order valence-electron chi connectivity index (χ2n) is 0.464. The summed E-state index contributed by atoms with van der Waals surface area (Å²) in [5.41, 5.74) is 0. The van der Waals surface area contributed by atoms with Gasteiger partial charge >= 0.3 is 128 Å². The standard InChI is InChI=1S/CH2O4Si.Cr.Fe.In.K.3O.H/c2-1(3)5-6-4;;;;;;;;/h6H,(H,2,3);;;;;;;;/q;;;;+1;;;;/p-1. The number of hydrogen-bond acceptors (Lipinski definition) is 7. The van der Waals surface area contributed by atoms with Gasteiger partial charge in [0.05, 0.1) is 0 Å². The van der Waals surface area contributed by atoms with Crippen LogP contribution in [-0.4, -0.2) is 40.2 Å². The minimum atomic E-state index is -1.74. The van der Waals surface area contributed by atoms with Crippen molar-refractivity contribution in [3.63, 3.8) is 0 Å². The predicted molar refractivity (Wildman–Crippen MR) is 23.5 cm³/mol. The van der Waals surface area contributed by atoms with Crippen molar-refractivity contribution in [2.24, 2.45) is 0 Å². The van der Waals surface area contributed by atoms with Crippen molar-refractivity contribution in [2.75, 3.05) is 0 Å². The second kappa shape index (κ2) is 47.6. The summed E-state index contributed by atoms with van der Waals surface area (Å²) in [6.07, 6.45) is -1.74. The Bertz CT molecular complexity index is 114. The van der Waals surface area contributed by atoms with E-state index in [1.165, 1.54) is 16.2 Å². The molecular weight excluding hydrogens is 414 g/mol. The number of carbonyl (C=O) groups is 1. The van der Waals surface area contributed by atoms with Crippen LogP contribution in [0.2, 0.25) is 0 Å². The van der Waals surface area contributed by atoms with Gasteiger partial charge in [0, 0.05) is 0 Å². The van der Waals surface area contributed by atoms with Crippen molar-refractivity contribution in [3.8, 4) is 0 Å². The van der Waals surface area contributed by atoms with Gasteiger partial charge in [0.1, 0.15) is 0 Å². The van der Waals surface area contributed by atoms with Gasteiger partial charge in [-0.2, -0.15) is 0 Å². The monoisotopic (exact) mass is 416 g/mol. The van der Waals surface area contributed by atoms with E-state index in [2.05, 4.69) is 4.43 Å².